The van der Waals surface area contributed by atoms with Gasteiger partial charge in [-0.3, -0.25) is 0 Å². The minimum atomic E-state index is 0.202. The van der Waals surface area contributed by atoms with Crippen molar-refractivity contribution in [3.05, 3.63) is 16.5 Å². The lowest BCUT2D eigenvalue weighted by Gasteiger charge is -1.94. The lowest BCUT2D eigenvalue weighted by atomic mass is 10.5. The minimum absolute atomic E-state index is 0.202. The van der Waals surface area contributed by atoms with Crippen LogP contribution >= 0.6 is 23.2 Å². The first-order chi connectivity index (χ1) is 5.68. The molecule has 0 aliphatic carbocycles. The first-order valence-corrected chi connectivity index (χ1v) is 3.95. The van der Waals surface area contributed by atoms with Gasteiger partial charge in [-0.15, -0.1) is 0 Å². The lowest BCUT2D eigenvalue weighted by molar-refractivity contribution is 0.786. The third-order valence-corrected chi connectivity index (χ3v) is 2.11. The Balaban J connectivity index is 2.87. The van der Waals surface area contributed by atoms with Gasteiger partial charge in [0, 0.05) is 7.05 Å². The van der Waals surface area contributed by atoms with Gasteiger partial charge in [-0.1, -0.05) is 23.2 Å². The monoisotopic (exact) mass is 202 g/mol. The Labute approximate surface area is 78.1 Å². The molecule has 12 heavy (non-hydrogen) atoms. The third kappa shape index (κ3) is 1.04. The van der Waals surface area contributed by atoms with E-state index in [9.17, 15) is 0 Å². The Morgan fingerprint density at radius 1 is 1.25 bits per heavy atom. The highest BCUT2D eigenvalue weighted by Gasteiger charge is 2.06. The molecular formula is C6H4Cl2N4. The van der Waals surface area contributed by atoms with Gasteiger partial charge in [0.25, 0.3) is 0 Å². The average molecular weight is 203 g/mol. The van der Waals surface area contributed by atoms with E-state index in [1.807, 2.05) is 0 Å². The summed E-state index contributed by atoms with van der Waals surface area (Å²) in [6.45, 7) is 0. The number of aromatic nitrogens is 4. The molecule has 4 nitrogen and oxygen atoms in total. The average Bonchev–Trinajstić information content (AvgIpc) is 2.35. The minimum Gasteiger partial charge on any atom is -0.249 e. The molecule has 0 bridgehead atoms. The smallest absolute Gasteiger partial charge is 0.178 e. The fourth-order valence-corrected chi connectivity index (χ4v) is 1.17. The van der Waals surface area contributed by atoms with Gasteiger partial charge in [-0.25, -0.2) is 14.6 Å². The molecule has 0 unspecified atom stereocenters. The van der Waals surface area contributed by atoms with E-state index in [2.05, 4.69) is 15.1 Å². The fraction of sp³-hybridized carbons (Fsp3) is 0.167. The zero-order chi connectivity index (χ0) is 8.72. The van der Waals surface area contributed by atoms with Gasteiger partial charge in [0.2, 0.25) is 0 Å². The molecule has 0 aliphatic heterocycles. The van der Waals surface area contributed by atoms with E-state index in [1.165, 1.54) is 0 Å². The first kappa shape index (κ1) is 7.76. The maximum atomic E-state index is 5.67. The van der Waals surface area contributed by atoms with Crippen molar-refractivity contribution in [2.24, 2.45) is 7.05 Å². The second-order valence-corrected chi connectivity index (χ2v) is 3.00. The van der Waals surface area contributed by atoms with Crippen LogP contribution in [0.3, 0.4) is 0 Å². The van der Waals surface area contributed by atoms with Crippen molar-refractivity contribution in [2.45, 2.75) is 0 Å². The molecule has 2 heterocycles. The van der Waals surface area contributed by atoms with Crippen LogP contribution < -0.4 is 0 Å². The summed E-state index contributed by atoms with van der Waals surface area (Å²) in [7, 11) is 1.77. The van der Waals surface area contributed by atoms with Crippen LogP contribution in [0.5, 0.6) is 0 Å². The molecule has 0 saturated heterocycles. The standard InChI is InChI=1S/C6H4Cl2N4/c1-12-6-3(2-9-12)10-4(7)5(8)11-6/h2H,1H3. The van der Waals surface area contributed by atoms with Crippen LogP contribution in [0.25, 0.3) is 11.2 Å². The van der Waals surface area contributed by atoms with E-state index in [-0.39, 0.29) is 10.3 Å². The van der Waals surface area contributed by atoms with Gasteiger partial charge in [-0.2, -0.15) is 5.10 Å². The van der Waals surface area contributed by atoms with E-state index in [4.69, 9.17) is 23.2 Å². The maximum Gasteiger partial charge on any atom is 0.178 e. The highest BCUT2D eigenvalue weighted by atomic mass is 35.5. The zero-order valence-corrected chi connectivity index (χ0v) is 7.63. The van der Waals surface area contributed by atoms with E-state index < -0.39 is 0 Å². The molecule has 2 aromatic rings. The number of nitrogens with zero attached hydrogens (tertiary/aromatic N) is 4. The Morgan fingerprint density at radius 2 is 1.92 bits per heavy atom. The Bertz CT molecular complexity index is 436. The highest BCUT2D eigenvalue weighted by molar-refractivity contribution is 6.40. The second kappa shape index (κ2) is 2.57. The molecule has 0 saturated carbocycles. The predicted molar refractivity (Wildman–Crippen MR) is 46.3 cm³/mol. The van der Waals surface area contributed by atoms with E-state index in [1.54, 1.807) is 17.9 Å². The summed E-state index contributed by atoms with van der Waals surface area (Å²) in [6.07, 6.45) is 1.59. The van der Waals surface area contributed by atoms with Gasteiger partial charge in [0.15, 0.2) is 16.0 Å². The molecule has 0 aliphatic rings. The fourth-order valence-electron chi connectivity index (χ4n) is 0.919. The van der Waals surface area contributed by atoms with Gasteiger partial charge < -0.3 is 0 Å². The van der Waals surface area contributed by atoms with E-state index in [0.717, 1.165) is 0 Å². The van der Waals surface area contributed by atoms with Crippen LogP contribution in [0.2, 0.25) is 10.3 Å². The van der Waals surface area contributed by atoms with Gasteiger partial charge in [0.05, 0.1) is 6.20 Å². The second-order valence-electron chi connectivity index (χ2n) is 2.28. The summed E-state index contributed by atoms with van der Waals surface area (Å²) in [5.74, 6) is 0. The van der Waals surface area contributed by atoms with Crippen molar-refractivity contribution in [2.75, 3.05) is 0 Å². The third-order valence-electron chi connectivity index (χ3n) is 1.48. The quantitative estimate of drug-likeness (QED) is 0.653. The molecule has 0 fully saturated rings. The van der Waals surface area contributed by atoms with E-state index in [0.29, 0.717) is 11.2 Å². The molecule has 62 valence electrons. The van der Waals surface area contributed by atoms with Gasteiger partial charge in [0.1, 0.15) is 5.52 Å². The summed E-state index contributed by atoms with van der Waals surface area (Å²) in [5, 5.41) is 4.36. The van der Waals surface area contributed by atoms with Gasteiger partial charge >= 0.3 is 0 Å². The highest BCUT2D eigenvalue weighted by Crippen LogP contribution is 2.19. The summed E-state index contributed by atoms with van der Waals surface area (Å²) in [4.78, 5) is 7.99. The van der Waals surface area contributed by atoms with Crippen LogP contribution in [-0.4, -0.2) is 19.7 Å². The van der Waals surface area contributed by atoms with Crippen LogP contribution in [0.4, 0.5) is 0 Å². The van der Waals surface area contributed by atoms with Crippen LogP contribution in [-0.2, 0) is 7.05 Å². The first-order valence-electron chi connectivity index (χ1n) is 3.19. The van der Waals surface area contributed by atoms with Crippen LogP contribution in [0, 0.1) is 0 Å². The van der Waals surface area contributed by atoms with Crippen molar-refractivity contribution in [1.82, 2.24) is 19.7 Å². The molecule has 6 heteroatoms. The molecule has 0 amide bonds. The maximum absolute atomic E-state index is 5.67. The molecule has 0 aromatic carbocycles. The molecule has 0 atom stereocenters. The lowest BCUT2D eigenvalue weighted by Crippen LogP contribution is -1.93. The van der Waals surface area contributed by atoms with Gasteiger partial charge in [-0.05, 0) is 0 Å². The molecule has 2 aromatic heterocycles. The molecule has 0 radical (unpaired) electrons. The molecular weight excluding hydrogens is 199 g/mol. The number of halogens is 2. The largest absolute Gasteiger partial charge is 0.249 e. The van der Waals surface area contributed by atoms with Crippen molar-refractivity contribution in [3.63, 3.8) is 0 Å². The SMILES string of the molecule is Cn1ncc2nc(Cl)c(Cl)nc21. The van der Waals surface area contributed by atoms with Crippen molar-refractivity contribution in [1.29, 1.82) is 0 Å². The molecule has 2 rings (SSSR count). The number of aryl methyl sites for hydroxylation is 1. The molecule has 0 N–H and O–H groups in total. The summed E-state index contributed by atoms with van der Waals surface area (Å²) < 4.78 is 1.59. The van der Waals surface area contributed by atoms with Crippen LogP contribution in [0.15, 0.2) is 6.20 Å². The number of hydrogen-bond donors (Lipinski definition) is 0. The summed E-state index contributed by atoms with van der Waals surface area (Å²) in [6, 6.07) is 0. The summed E-state index contributed by atoms with van der Waals surface area (Å²) in [5.41, 5.74) is 1.27. The van der Waals surface area contributed by atoms with Crippen molar-refractivity contribution < 1.29 is 0 Å². The Hall–Kier alpha value is -0.870. The Morgan fingerprint density at radius 3 is 2.67 bits per heavy atom. The van der Waals surface area contributed by atoms with E-state index >= 15 is 0 Å². The number of hydrogen-bond acceptors (Lipinski definition) is 3. The topological polar surface area (TPSA) is 43.6 Å². The summed E-state index contributed by atoms with van der Waals surface area (Å²) >= 11 is 11.3. The zero-order valence-electron chi connectivity index (χ0n) is 6.12. The predicted octanol–water partition coefficient (Wildman–Crippen LogP) is 1.67. The normalized spacial score (nSPS) is 10.9. The van der Waals surface area contributed by atoms with Crippen LogP contribution in [0.1, 0.15) is 0 Å². The number of rotatable bonds is 0. The Kier molecular flexibility index (Phi) is 1.66. The van der Waals surface area contributed by atoms with Crippen molar-refractivity contribution >= 4 is 34.4 Å². The number of fused-ring (bicyclic) bond motifs is 1. The molecule has 0 spiro atoms. The van der Waals surface area contributed by atoms with Crippen molar-refractivity contribution in [3.8, 4) is 0 Å².